The van der Waals surface area contributed by atoms with E-state index in [9.17, 15) is 0 Å². The molecule has 1 saturated heterocycles. The molecule has 5 atom stereocenters. The fraction of sp³-hybridized carbons (Fsp3) is 0.375. The molecule has 0 spiro atoms. The lowest BCUT2D eigenvalue weighted by molar-refractivity contribution is 0.106. The van der Waals surface area contributed by atoms with Gasteiger partial charge in [0, 0.05) is 11.8 Å². The molecule has 1 aromatic rings. The van der Waals surface area contributed by atoms with Gasteiger partial charge in [0.2, 0.25) is 0 Å². The first-order valence-electron chi connectivity index (χ1n) is 6.56. The zero-order valence-electron chi connectivity index (χ0n) is 9.54. The van der Waals surface area contributed by atoms with E-state index in [1.54, 1.807) is 16.7 Å². The molecule has 1 heteroatoms. The summed E-state index contributed by atoms with van der Waals surface area (Å²) in [6.07, 6.45) is 8.96. The van der Waals surface area contributed by atoms with Crippen molar-refractivity contribution in [3.8, 4) is 0 Å². The molecule has 0 saturated carbocycles. The first-order valence-corrected chi connectivity index (χ1v) is 6.56. The minimum atomic E-state index is 0.296. The maximum absolute atomic E-state index is 6.01. The molecule has 0 unspecified atom stereocenters. The fourth-order valence-corrected chi connectivity index (χ4v) is 4.35. The highest BCUT2D eigenvalue weighted by Gasteiger charge is 2.51. The van der Waals surface area contributed by atoms with Crippen LogP contribution >= 0.6 is 0 Å². The lowest BCUT2D eigenvalue weighted by Crippen LogP contribution is -2.24. The van der Waals surface area contributed by atoms with Crippen molar-refractivity contribution in [2.24, 2.45) is 5.92 Å². The van der Waals surface area contributed by atoms with Crippen LogP contribution in [0.15, 0.2) is 48.1 Å². The Morgan fingerprint density at radius 3 is 2.88 bits per heavy atom. The zero-order valence-corrected chi connectivity index (χ0v) is 9.54. The van der Waals surface area contributed by atoms with Gasteiger partial charge >= 0.3 is 0 Å². The van der Waals surface area contributed by atoms with Gasteiger partial charge in [-0.3, -0.25) is 0 Å². The number of ether oxygens (including phenoxy) is 1. The molecule has 0 radical (unpaired) electrons. The molecule has 1 aromatic carbocycles. The Morgan fingerprint density at radius 1 is 1.06 bits per heavy atom. The summed E-state index contributed by atoms with van der Waals surface area (Å²) in [6.45, 7) is 0. The second-order valence-electron chi connectivity index (χ2n) is 5.68. The Labute approximate surface area is 101 Å². The summed E-state index contributed by atoms with van der Waals surface area (Å²) >= 11 is 0. The van der Waals surface area contributed by atoms with Crippen molar-refractivity contribution in [2.75, 3.05) is 0 Å². The molecule has 0 N–H and O–H groups in total. The molecule has 2 heterocycles. The topological polar surface area (TPSA) is 9.23 Å². The first kappa shape index (κ1) is 8.71. The van der Waals surface area contributed by atoms with Crippen molar-refractivity contribution in [1.82, 2.24) is 0 Å². The van der Waals surface area contributed by atoms with E-state index in [0.29, 0.717) is 30.0 Å². The second-order valence-corrected chi connectivity index (χ2v) is 5.68. The summed E-state index contributed by atoms with van der Waals surface area (Å²) in [7, 11) is 0. The minimum Gasteiger partial charge on any atom is -0.362 e. The molecule has 5 rings (SSSR count). The van der Waals surface area contributed by atoms with Crippen molar-refractivity contribution in [3.05, 3.63) is 59.2 Å². The predicted octanol–water partition coefficient (Wildman–Crippen LogP) is 3.15. The lowest BCUT2D eigenvalue weighted by Gasteiger charge is -2.29. The van der Waals surface area contributed by atoms with Crippen LogP contribution in [0.5, 0.6) is 0 Å². The Kier molecular flexibility index (Phi) is 1.40. The van der Waals surface area contributed by atoms with Crippen LogP contribution in [-0.4, -0.2) is 12.2 Å². The Morgan fingerprint density at radius 2 is 1.94 bits per heavy atom. The maximum Gasteiger partial charge on any atom is 0.0980 e. The van der Waals surface area contributed by atoms with Crippen LogP contribution in [0.25, 0.3) is 0 Å². The van der Waals surface area contributed by atoms with Crippen molar-refractivity contribution < 1.29 is 4.74 Å². The van der Waals surface area contributed by atoms with E-state index in [1.807, 2.05) is 0 Å². The summed E-state index contributed by atoms with van der Waals surface area (Å²) in [5, 5.41) is 0. The highest BCUT2D eigenvalue weighted by molar-refractivity contribution is 5.50. The van der Waals surface area contributed by atoms with Gasteiger partial charge < -0.3 is 4.74 Å². The van der Waals surface area contributed by atoms with E-state index >= 15 is 0 Å². The Bertz CT molecular complexity index is 569. The van der Waals surface area contributed by atoms with Gasteiger partial charge in [-0.15, -0.1) is 0 Å². The lowest BCUT2D eigenvalue weighted by atomic mass is 9.73. The van der Waals surface area contributed by atoms with Crippen molar-refractivity contribution >= 4 is 0 Å². The van der Waals surface area contributed by atoms with Crippen LogP contribution in [-0.2, 0) is 4.74 Å². The van der Waals surface area contributed by atoms with Gasteiger partial charge in [-0.05, 0) is 29.0 Å². The van der Waals surface area contributed by atoms with E-state index < -0.39 is 0 Å². The molecule has 0 aromatic heterocycles. The van der Waals surface area contributed by atoms with Gasteiger partial charge in [0.05, 0.1) is 12.2 Å². The molecular formula is C16H14O. The van der Waals surface area contributed by atoms with E-state index in [4.69, 9.17) is 4.74 Å². The molecule has 2 aliphatic heterocycles. The second kappa shape index (κ2) is 2.73. The standard InChI is InChI=1S/C16H14O/c1-2-4-11-10(3-1)9-7-12(11)16-13(8-9)14-5-6-15(16)17-14/h1-6,8-9,12,14-16H,7H2/t9-,12-,14-,15-,16+/m0/s1. The first-order chi connectivity index (χ1) is 8.42. The number of benzene rings is 1. The molecule has 0 amide bonds. The van der Waals surface area contributed by atoms with Crippen LogP contribution in [0.4, 0.5) is 0 Å². The summed E-state index contributed by atoms with van der Waals surface area (Å²) in [6, 6.07) is 9.00. The average molecular weight is 222 g/mol. The largest absolute Gasteiger partial charge is 0.362 e. The number of hydrogen-bond donors (Lipinski definition) is 0. The highest BCUT2D eigenvalue weighted by atomic mass is 16.5. The SMILES string of the molecule is C1=C[C@@H]2O[C@@H]1C1=C[C@@H]3C[C@@H](c4ccccc43)[C@H]12. The molecule has 4 bridgehead atoms. The monoisotopic (exact) mass is 222 g/mol. The van der Waals surface area contributed by atoms with Crippen molar-refractivity contribution in [2.45, 2.75) is 30.5 Å². The van der Waals surface area contributed by atoms with E-state index in [0.717, 1.165) is 0 Å². The third-order valence-electron chi connectivity index (χ3n) is 4.98. The minimum absolute atomic E-state index is 0.296. The molecule has 1 fully saturated rings. The van der Waals surface area contributed by atoms with Gasteiger partial charge in [0.25, 0.3) is 0 Å². The van der Waals surface area contributed by atoms with Crippen LogP contribution in [0, 0.1) is 5.92 Å². The Balaban J connectivity index is 1.74. The number of fused-ring (bicyclic) bond motifs is 11. The zero-order chi connectivity index (χ0) is 11.0. The van der Waals surface area contributed by atoms with Gasteiger partial charge in [0.1, 0.15) is 0 Å². The van der Waals surface area contributed by atoms with E-state index in [2.05, 4.69) is 42.5 Å². The summed E-state index contributed by atoms with van der Waals surface area (Å²) in [5.41, 5.74) is 4.71. The van der Waals surface area contributed by atoms with Crippen molar-refractivity contribution in [1.29, 1.82) is 0 Å². The average Bonchev–Trinajstić information content (AvgIpc) is 3.05. The predicted molar refractivity (Wildman–Crippen MR) is 65.9 cm³/mol. The molecular weight excluding hydrogens is 208 g/mol. The van der Waals surface area contributed by atoms with Crippen LogP contribution in [0.3, 0.4) is 0 Å². The molecule has 84 valence electrons. The summed E-state index contributed by atoms with van der Waals surface area (Å²) < 4.78 is 6.01. The molecule has 2 aliphatic carbocycles. The Hall–Kier alpha value is -1.34. The molecule has 1 nitrogen and oxygen atoms in total. The van der Waals surface area contributed by atoms with Crippen LogP contribution in [0.1, 0.15) is 29.4 Å². The fourth-order valence-electron chi connectivity index (χ4n) is 4.35. The van der Waals surface area contributed by atoms with E-state index in [-0.39, 0.29) is 0 Å². The van der Waals surface area contributed by atoms with Crippen LogP contribution < -0.4 is 0 Å². The number of rotatable bonds is 0. The number of hydrogen-bond acceptors (Lipinski definition) is 1. The van der Waals surface area contributed by atoms with Crippen LogP contribution in [0.2, 0.25) is 0 Å². The highest BCUT2D eigenvalue weighted by Crippen LogP contribution is 2.58. The maximum atomic E-state index is 6.01. The third-order valence-corrected chi connectivity index (χ3v) is 4.98. The van der Waals surface area contributed by atoms with Gasteiger partial charge in [-0.2, -0.15) is 0 Å². The number of allylic oxidation sites excluding steroid dienone is 1. The summed E-state index contributed by atoms with van der Waals surface area (Å²) in [5.74, 6) is 1.99. The molecule has 17 heavy (non-hydrogen) atoms. The quantitative estimate of drug-likeness (QED) is 0.613. The smallest absolute Gasteiger partial charge is 0.0980 e. The normalized spacial score (nSPS) is 43.5. The van der Waals surface area contributed by atoms with E-state index in [1.165, 1.54) is 6.42 Å². The van der Waals surface area contributed by atoms with Gasteiger partial charge in [-0.1, -0.05) is 42.5 Å². The van der Waals surface area contributed by atoms with Gasteiger partial charge in [0.15, 0.2) is 0 Å². The molecule has 4 aliphatic rings. The van der Waals surface area contributed by atoms with Gasteiger partial charge in [-0.25, -0.2) is 0 Å². The summed E-state index contributed by atoms with van der Waals surface area (Å²) in [4.78, 5) is 0. The van der Waals surface area contributed by atoms with Crippen molar-refractivity contribution in [3.63, 3.8) is 0 Å². The third kappa shape index (κ3) is 0.916.